The summed E-state index contributed by atoms with van der Waals surface area (Å²) in [7, 11) is 1.79. The van der Waals surface area contributed by atoms with E-state index in [1.54, 1.807) is 36.2 Å². The molecule has 0 aromatic heterocycles. The first-order chi connectivity index (χ1) is 9.06. The predicted molar refractivity (Wildman–Crippen MR) is 73.7 cm³/mol. The molecule has 4 heteroatoms. The SMILES string of the molecule is CCC(C)CN(C)C(=O)COc1ccc(C#N)cc1. The van der Waals surface area contributed by atoms with E-state index in [1.165, 1.54) is 0 Å². The summed E-state index contributed by atoms with van der Waals surface area (Å²) < 4.78 is 5.40. The van der Waals surface area contributed by atoms with E-state index >= 15 is 0 Å². The Morgan fingerprint density at radius 2 is 2.05 bits per heavy atom. The average Bonchev–Trinajstić information content (AvgIpc) is 2.44. The Hall–Kier alpha value is -2.02. The summed E-state index contributed by atoms with van der Waals surface area (Å²) in [5.41, 5.74) is 0.576. The van der Waals surface area contributed by atoms with Crippen LogP contribution >= 0.6 is 0 Å². The lowest BCUT2D eigenvalue weighted by molar-refractivity contribution is -0.132. The van der Waals surface area contributed by atoms with Crippen molar-refractivity contribution in [2.45, 2.75) is 20.3 Å². The number of likely N-dealkylation sites (N-methyl/N-ethyl adjacent to an activating group) is 1. The van der Waals surface area contributed by atoms with Gasteiger partial charge in [0.05, 0.1) is 11.6 Å². The molecule has 0 saturated carbocycles. The van der Waals surface area contributed by atoms with Gasteiger partial charge in [0, 0.05) is 13.6 Å². The normalized spacial score (nSPS) is 11.5. The summed E-state index contributed by atoms with van der Waals surface area (Å²) in [6, 6.07) is 8.76. The highest BCUT2D eigenvalue weighted by Crippen LogP contribution is 2.11. The Labute approximate surface area is 114 Å². The molecule has 1 atom stereocenters. The van der Waals surface area contributed by atoms with Gasteiger partial charge in [0.15, 0.2) is 6.61 Å². The highest BCUT2D eigenvalue weighted by molar-refractivity contribution is 5.77. The van der Waals surface area contributed by atoms with Gasteiger partial charge >= 0.3 is 0 Å². The molecule has 1 amide bonds. The zero-order chi connectivity index (χ0) is 14.3. The van der Waals surface area contributed by atoms with Crippen LogP contribution in [0, 0.1) is 17.2 Å². The second-order valence-corrected chi connectivity index (χ2v) is 4.71. The van der Waals surface area contributed by atoms with E-state index in [-0.39, 0.29) is 12.5 Å². The van der Waals surface area contributed by atoms with E-state index in [2.05, 4.69) is 13.8 Å². The first-order valence-electron chi connectivity index (χ1n) is 6.43. The summed E-state index contributed by atoms with van der Waals surface area (Å²) in [6.45, 7) is 4.99. The largest absolute Gasteiger partial charge is 0.484 e. The molecule has 102 valence electrons. The van der Waals surface area contributed by atoms with E-state index in [4.69, 9.17) is 10.00 Å². The number of carbonyl (C=O) groups is 1. The second kappa shape index (κ2) is 7.42. The predicted octanol–water partition coefficient (Wildman–Crippen LogP) is 2.44. The molecule has 1 aromatic rings. The van der Waals surface area contributed by atoms with Crippen LogP contribution in [0.15, 0.2) is 24.3 Å². The van der Waals surface area contributed by atoms with Crippen LogP contribution in [0.25, 0.3) is 0 Å². The number of hydrogen-bond acceptors (Lipinski definition) is 3. The molecule has 1 rings (SSSR count). The fourth-order valence-corrected chi connectivity index (χ4v) is 1.58. The summed E-state index contributed by atoms with van der Waals surface area (Å²) in [4.78, 5) is 13.5. The van der Waals surface area contributed by atoms with Crippen LogP contribution < -0.4 is 4.74 Å². The Kier molecular flexibility index (Phi) is 5.87. The summed E-state index contributed by atoms with van der Waals surface area (Å²) in [5.74, 6) is 1.05. The van der Waals surface area contributed by atoms with Crippen molar-refractivity contribution < 1.29 is 9.53 Å². The van der Waals surface area contributed by atoms with Gasteiger partial charge in [-0.15, -0.1) is 0 Å². The number of hydrogen-bond donors (Lipinski definition) is 0. The smallest absolute Gasteiger partial charge is 0.260 e. The van der Waals surface area contributed by atoms with E-state index in [0.717, 1.165) is 13.0 Å². The van der Waals surface area contributed by atoms with Crippen LogP contribution in [-0.4, -0.2) is 31.0 Å². The molecular formula is C15H20N2O2. The van der Waals surface area contributed by atoms with Gasteiger partial charge in [-0.05, 0) is 30.2 Å². The van der Waals surface area contributed by atoms with Gasteiger partial charge in [-0.25, -0.2) is 0 Å². The molecule has 0 radical (unpaired) electrons. The van der Waals surface area contributed by atoms with Crippen molar-refractivity contribution in [3.8, 4) is 11.8 Å². The minimum atomic E-state index is -0.0374. The van der Waals surface area contributed by atoms with Crippen molar-refractivity contribution in [3.05, 3.63) is 29.8 Å². The van der Waals surface area contributed by atoms with Crippen LogP contribution in [-0.2, 0) is 4.79 Å². The molecule has 1 unspecified atom stereocenters. The lowest BCUT2D eigenvalue weighted by Crippen LogP contribution is -2.34. The molecule has 0 heterocycles. The van der Waals surface area contributed by atoms with Crippen LogP contribution in [0.4, 0.5) is 0 Å². The average molecular weight is 260 g/mol. The second-order valence-electron chi connectivity index (χ2n) is 4.71. The third kappa shape index (κ3) is 5.01. The zero-order valence-corrected chi connectivity index (χ0v) is 11.7. The molecule has 0 aliphatic rings. The standard InChI is InChI=1S/C15H20N2O2/c1-4-12(2)10-17(3)15(18)11-19-14-7-5-13(9-16)6-8-14/h5-8,12H,4,10-11H2,1-3H3. The van der Waals surface area contributed by atoms with Crippen LogP contribution in [0.3, 0.4) is 0 Å². The van der Waals surface area contributed by atoms with Crippen molar-refractivity contribution >= 4 is 5.91 Å². The Balaban J connectivity index is 2.43. The number of carbonyl (C=O) groups excluding carboxylic acids is 1. The van der Waals surface area contributed by atoms with E-state index in [9.17, 15) is 4.79 Å². The molecule has 0 aliphatic heterocycles. The molecule has 4 nitrogen and oxygen atoms in total. The first-order valence-corrected chi connectivity index (χ1v) is 6.43. The Morgan fingerprint density at radius 3 is 2.58 bits per heavy atom. The molecule has 0 spiro atoms. The Morgan fingerprint density at radius 1 is 1.42 bits per heavy atom. The van der Waals surface area contributed by atoms with Gasteiger partial charge in [0.25, 0.3) is 5.91 Å². The van der Waals surface area contributed by atoms with Crippen molar-refractivity contribution in [2.75, 3.05) is 20.2 Å². The summed E-state index contributed by atoms with van der Waals surface area (Å²) in [5, 5.41) is 8.68. The summed E-state index contributed by atoms with van der Waals surface area (Å²) >= 11 is 0. The molecule has 0 bridgehead atoms. The third-order valence-corrected chi connectivity index (χ3v) is 3.05. The first kappa shape index (κ1) is 15.0. The number of rotatable bonds is 6. The number of nitrogens with zero attached hydrogens (tertiary/aromatic N) is 2. The fraction of sp³-hybridized carbons (Fsp3) is 0.467. The van der Waals surface area contributed by atoms with Crippen molar-refractivity contribution in [3.63, 3.8) is 0 Å². The molecule has 0 saturated heterocycles. The molecular weight excluding hydrogens is 240 g/mol. The number of ether oxygens (including phenoxy) is 1. The van der Waals surface area contributed by atoms with Crippen LogP contribution in [0.1, 0.15) is 25.8 Å². The quantitative estimate of drug-likeness (QED) is 0.789. The highest BCUT2D eigenvalue weighted by atomic mass is 16.5. The third-order valence-electron chi connectivity index (χ3n) is 3.05. The molecule has 19 heavy (non-hydrogen) atoms. The topological polar surface area (TPSA) is 53.3 Å². The molecule has 1 aromatic carbocycles. The lowest BCUT2D eigenvalue weighted by Gasteiger charge is -2.20. The van der Waals surface area contributed by atoms with Gasteiger partial charge in [-0.1, -0.05) is 20.3 Å². The summed E-state index contributed by atoms with van der Waals surface area (Å²) in [6.07, 6.45) is 1.05. The van der Waals surface area contributed by atoms with Crippen molar-refractivity contribution in [1.29, 1.82) is 5.26 Å². The molecule has 0 fully saturated rings. The van der Waals surface area contributed by atoms with E-state index < -0.39 is 0 Å². The van der Waals surface area contributed by atoms with E-state index in [1.807, 2.05) is 6.07 Å². The van der Waals surface area contributed by atoms with Gasteiger partial charge in [-0.3, -0.25) is 4.79 Å². The lowest BCUT2D eigenvalue weighted by atomic mass is 10.1. The van der Waals surface area contributed by atoms with Gasteiger partial charge in [0.2, 0.25) is 0 Å². The van der Waals surface area contributed by atoms with Gasteiger partial charge in [-0.2, -0.15) is 5.26 Å². The number of benzene rings is 1. The van der Waals surface area contributed by atoms with E-state index in [0.29, 0.717) is 17.2 Å². The molecule has 0 aliphatic carbocycles. The van der Waals surface area contributed by atoms with Crippen molar-refractivity contribution in [2.24, 2.45) is 5.92 Å². The van der Waals surface area contributed by atoms with Gasteiger partial charge in [0.1, 0.15) is 5.75 Å². The maximum Gasteiger partial charge on any atom is 0.260 e. The minimum absolute atomic E-state index is 0.0266. The fourth-order valence-electron chi connectivity index (χ4n) is 1.58. The van der Waals surface area contributed by atoms with Gasteiger partial charge < -0.3 is 9.64 Å². The maximum atomic E-state index is 11.8. The van der Waals surface area contributed by atoms with Crippen LogP contribution in [0.2, 0.25) is 0 Å². The monoisotopic (exact) mass is 260 g/mol. The minimum Gasteiger partial charge on any atom is -0.484 e. The highest BCUT2D eigenvalue weighted by Gasteiger charge is 2.12. The Bertz CT molecular complexity index is 448. The maximum absolute atomic E-state index is 11.8. The number of amides is 1. The number of nitriles is 1. The zero-order valence-electron chi connectivity index (χ0n) is 11.7. The van der Waals surface area contributed by atoms with Crippen molar-refractivity contribution in [1.82, 2.24) is 4.90 Å². The van der Waals surface area contributed by atoms with Crippen LogP contribution in [0.5, 0.6) is 5.75 Å². The molecule has 0 N–H and O–H groups in total.